The lowest BCUT2D eigenvalue weighted by Crippen LogP contribution is -2.38. The molecule has 1 saturated heterocycles. The molecule has 4 N–H and O–H groups in total. The van der Waals surface area contributed by atoms with Crippen LogP contribution in [0.3, 0.4) is 0 Å². The van der Waals surface area contributed by atoms with Crippen LogP contribution < -0.4 is 16.4 Å². The monoisotopic (exact) mass is 585 g/mol. The van der Waals surface area contributed by atoms with Crippen molar-refractivity contribution < 1.29 is 18.0 Å². The highest BCUT2D eigenvalue weighted by Crippen LogP contribution is 2.40. The Morgan fingerprint density at radius 2 is 1.74 bits per heavy atom. The van der Waals surface area contributed by atoms with Gasteiger partial charge in [0.1, 0.15) is 11.9 Å². The van der Waals surface area contributed by atoms with Gasteiger partial charge < -0.3 is 21.3 Å². The molecule has 2 heterocycles. The summed E-state index contributed by atoms with van der Waals surface area (Å²) >= 11 is 0. The van der Waals surface area contributed by atoms with E-state index in [-0.39, 0.29) is 16.7 Å². The van der Waals surface area contributed by atoms with E-state index in [1.165, 1.54) is 6.92 Å². The minimum absolute atomic E-state index is 0.170. The van der Waals surface area contributed by atoms with Crippen LogP contribution >= 0.6 is 0 Å². The number of carbonyl (C=O) groups is 2. The number of likely N-dealkylation sites (tertiary alicyclic amines) is 1. The maximum Gasteiger partial charge on any atom is 0.250 e. The van der Waals surface area contributed by atoms with Crippen molar-refractivity contribution in [3.05, 3.63) is 90.1 Å². The third-order valence-corrected chi connectivity index (χ3v) is 9.86. The van der Waals surface area contributed by atoms with E-state index in [0.29, 0.717) is 36.5 Å². The van der Waals surface area contributed by atoms with E-state index in [9.17, 15) is 18.0 Å². The van der Waals surface area contributed by atoms with E-state index in [1.807, 2.05) is 54.6 Å². The lowest BCUT2D eigenvalue weighted by Gasteiger charge is -2.31. The molecular formula is C32H35N5O4S. The molecule has 4 aromatic rings. The number of fused-ring (bicyclic) bond motifs is 1. The number of nitrogen functional groups attached to an aromatic ring is 1. The zero-order valence-electron chi connectivity index (χ0n) is 23.9. The maximum atomic E-state index is 14.4. The molecule has 9 nitrogen and oxygen atoms in total. The Morgan fingerprint density at radius 1 is 1.00 bits per heavy atom. The van der Waals surface area contributed by atoms with Crippen LogP contribution in [0.25, 0.3) is 10.8 Å². The first-order valence-corrected chi connectivity index (χ1v) is 15.5. The number of hydrogen-bond acceptors (Lipinski definition) is 7. The van der Waals surface area contributed by atoms with Gasteiger partial charge in [-0.3, -0.25) is 9.59 Å². The van der Waals surface area contributed by atoms with Crippen LogP contribution in [0.15, 0.2) is 83.9 Å². The highest BCUT2D eigenvalue weighted by atomic mass is 32.2. The lowest BCUT2D eigenvalue weighted by molar-refractivity contribution is -0.133. The van der Waals surface area contributed by atoms with Crippen molar-refractivity contribution in [1.82, 2.24) is 9.88 Å². The maximum absolute atomic E-state index is 14.4. The Kier molecular flexibility index (Phi) is 8.17. The number of carbonyl (C=O) groups excluding carboxylic acids is 2. The second-order valence-electron chi connectivity index (χ2n) is 10.8. The largest absolute Gasteiger partial charge is 0.383 e. The van der Waals surface area contributed by atoms with Crippen LogP contribution in [0, 0.1) is 0 Å². The van der Waals surface area contributed by atoms with Gasteiger partial charge in [0.25, 0.3) is 0 Å². The van der Waals surface area contributed by atoms with Gasteiger partial charge in [-0.05, 0) is 85.7 Å². The van der Waals surface area contributed by atoms with Crippen LogP contribution in [0.5, 0.6) is 0 Å². The molecule has 1 fully saturated rings. The molecule has 0 bridgehead atoms. The molecule has 218 valence electrons. The topological polar surface area (TPSA) is 134 Å². The molecular weight excluding hydrogens is 550 g/mol. The number of benzene rings is 3. The number of nitrogens with zero attached hydrogens (tertiary/aromatic N) is 2. The van der Waals surface area contributed by atoms with E-state index in [2.05, 4.69) is 15.6 Å². The molecule has 0 aliphatic carbocycles. The third kappa shape index (κ3) is 5.80. The molecule has 2 amide bonds. The molecule has 1 aliphatic heterocycles. The fourth-order valence-electron chi connectivity index (χ4n) is 5.51. The van der Waals surface area contributed by atoms with Gasteiger partial charge in [0, 0.05) is 36.4 Å². The summed E-state index contributed by atoms with van der Waals surface area (Å²) in [4.78, 5) is 32.3. The van der Waals surface area contributed by atoms with Crippen LogP contribution in [0.4, 0.5) is 17.2 Å². The predicted molar refractivity (Wildman–Crippen MR) is 166 cm³/mol. The smallest absolute Gasteiger partial charge is 0.250 e. The summed E-state index contributed by atoms with van der Waals surface area (Å²) in [6.45, 7) is 5.15. The van der Waals surface area contributed by atoms with Crippen molar-refractivity contribution in [1.29, 1.82) is 0 Å². The summed E-state index contributed by atoms with van der Waals surface area (Å²) in [6.07, 6.45) is 2.96. The molecule has 0 unspecified atom stereocenters. The standard InChI is InChI=1S/C32H35N5O4S/c1-20(2)42(40,41)29-14-12-25(35-21(3)38)19-27(29)28-10-7-17-37(28)32(39)30(22-8-5-4-6-9-22)36-24-11-13-26-23(18-24)15-16-34-31(26)33/h4-6,8-9,11-16,18-20,28,30,36H,7,10,17H2,1-3H3,(H2,33,34)(H,35,38)/t28-,30-/m1/s1. The molecule has 10 heteroatoms. The lowest BCUT2D eigenvalue weighted by atomic mass is 10.0. The number of pyridine rings is 1. The van der Waals surface area contributed by atoms with E-state index in [0.717, 1.165) is 22.0 Å². The van der Waals surface area contributed by atoms with Crippen molar-refractivity contribution in [2.24, 2.45) is 0 Å². The van der Waals surface area contributed by atoms with Gasteiger partial charge >= 0.3 is 0 Å². The molecule has 0 radical (unpaired) electrons. The summed E-state index contributed by atoms with van der Waals surface area (Å²) in [7, 11) is -3.67. The zero-order chi connectivity index (χ0) is 30.0. The Labute approximate surface area is 246 Å². The third-order valence-electron chi connectivity index (χ3n) is 7.64. The number of nitrogens with two attached hydrogens (primary N) is 1. The van der Waals surface area contributed by atoms with Crippen molar-refractivity contribution in [3.63, 3.8) is 0 Å². The molecule has 1 aromatic heterocycles. The number of sulfone groups is 1. The first-order valence-electron chi connectivity index (χ1n) is 14.0. The summed E-state index contributed by atoms with van der Waals surface area (Å²) in [5.41, 5.74) is 8.56. The van der Waals surface area contributed by atoms with Crippen molar-refractivity contribution in [2.45, 2.75) is 55.8 Å². The first kappa shape index (κ1) is 29.1. The number of anilines is 3. The van der Waals surface area contributed by atoms with Gasteiger partial charge in [-0.2, -0.15) is 0 Å². The number of aromatic nitrogens is 1. The average molecular weight is 586 g/mol. The summed E-state index contributed by atoms with van der Waals surface area (Å²) in [5, 5.41) is 7.25. The minimum atomic E-state index is -3.67. The van der Waals surface area contributed by atoms with Crippen LogP contribution in [0.1, 0.15) is 56.8 Å². The fourth-order valence-corrected chi connectivity index (χ4v) is 6.80. The highest BCUT2D eigenvalue weighted by Gasteiger charge is 2.38. The van der Waals surface area contributed by atoms with Gasteiger partial charge in [0.2, 0.25) is 11.8 Å². The molecule has 0 spiro atoms. The van der Waals surface area contributed by atoms with Crippen molar-refractivity contribution in [2.75, 3.05) is 22.9 Å². The van der Waals surface area contributed by atoms with Gasteiger partial charge in [-0.1, -0.05) is 30.3 Å². The summed E-state index contributed by atoms with van der Waals surface area (Å²) in [6, 6.07) is 20.6. The second kappa shape index (κ2) is 11.8. The zero-order valence-corrected chi connectivity index (χ0v) is 24.7. The quantitative estimate of drug-likeness (QED) is 0.249. The van der Waals surface area contributed by atoms with Gasteiger partial charge in [-0.15, -0.1) is 0 Å². The van der Waals surface area contributed by atoms with Crippen molar-refractivity contribution >= 4 is 49.6 Å². The van der Waals surface area contributed by atoms with E-state index < -0.39 is 27.2 Å². The van der Waals surface area contributed by atoms with Gasteiger partial charge in [0.05, 0.1) is 16.2 Å². The van der Waals surface area contributed by atoms with E-state index in [1.54, 1.807) is 43.1 Å². The van der Waals surface area contributed by atoms with Crippen LogP contribution in [-0.2, 0) is 19.4 Å². The van der Waals surface area contributed by atoms with Crippen LogP contribution in [-0.4, -0.2) is 41.9 Å². The Hall–Kier alpha value is -4.44. The number of amides is 2. The second-order valence-corrected chi connectivity index (χ2v) is 13.3. The summed E-state index contributed by atoms with van der Waals surface area (Å²) in [5.74, 6) is 0.000177. The van der Waals surface area contributed by atoms with Crippen molar-refractivity contribution in [3.8, 4) is 0 Å². The average Bonchev–Trinajstić information content (AvgIpc) is 3.46. The van der Waals surface area contributed by atoms with E-state index >= 15 is 0 Å². The predicted octanol–water partition coefficient (Wildman–Crippen LogP) is 5.47. The highest BCUT2D eigenvalue weighted by molar-refractivity contribution is 7.92. The summed E-state index contributed by atoms with van der Waals surface area (Å²) < 4.78 is 26.9. The van der Waals surface area contributed by atoms with Gasteiger partial charge in [-0.25, -0.2) is 13.4 Å². The molecule has 1 aliphatic rings. The van der Waals surface area contributed by atoms with E-state index in [4.69, 9.17) is 5.73 Å². The number of hydrogen-bond donors (Lipinski definition) is 3. The Bertz CT molecular complexity index is 1740. The SMILES string of the molecule is CC(=O)Nc1ccc(S(=O)(=O)C(C)C)c([C@H]2CCCN2C(=O)[C@H](Nc2ccc3c(N)nccc3c2)c2ccccc2)c1. The van der Waals surface area contributed by atoms with Gasteiger partial charge in [0.15, 0.2) is 9.84 Å². The number of nitrogens with one attached hydrogen (secondary N) is 2. The Balaban J connectivity index is 1.55. The molecule has 3 aromatic carbocycles. The first-order chi connectivity index (χ1) is 20.1. The molecule has 2 atom stereocenters. The molecule has 42 heavy (non-hydrogen) atoms. The molecule has 5 rings (SSSR count). The van der Waals surface area contributed by atoms with Crippen LogP contribution in [0.2, 0.25) is 0 Å². The molecule has 0 saturated carbocycles. The normalized spacial score (nSPS) is 16.0. The Morgan fingerprint density at radius 3 is 2.45 bits per heavy atom. The fraction of sp³-hybridized carbons (Fsp3) is 0.281. The number of rotatable bonds is 8. The minimum Gasteiger partial charge on any atom is -0.383 e.